The number of alkyl halides is 3. The van der Waals surface area contributed by atoms with Gasteiger partial charge >= 0.3 is 6.18 Å². The van der Waals surface area contributed by atoms with Crippen LogP contribution in [0.1, 0.15) is 39.9 Å². The molecule has 0 unspecified atom stereocenters. The van der Waals surface area contributed by atoms with Crippen molar-refractivity contribution < 1.29 is 18.0 Å². The van der Waals surface area contributed by atoms with E-state index in [1.54, 1.807) is 24.5 Å². The Hall–Kier alpha value is -1.27. The Balaban J connectivity index is 2.25. The van der Waals surface area contributed by atoms with Crippen molar-refractivity contribution in [2.45, 2.75) is 31.5 Å². The Bertz CT molecular complexity index is 632. The van der Waals surface area contributed by atoms with E-state index >= 15 is 0 Å². The van der Waals surface area contributed by atoms with E-state index in [9.17, 15) is 18.0 Å². The van der Waals surface area contributed by atoms with Crippen molar-refractivity contribution in [1.82, 2.24) is 9.32 Å². The van der Waals surface area contributed by atoms with E-state index in [1.807, 2.05) is 0 Å². The normalized spacial score (nSPS) is 25.4. The van der Waals surface area contributed by atoms with Crippen LogP contribution in [0, 0.1) is 0 Å². The first-order chi connectivity index (χ1) is 10.2. The van der Waals surface area contributed by atoms with E-state index in [0.717, 1.165) is 6.07 Å². The Kier molecular flexibility index (Phi) is 3.64. The highest BCUT2D eigenvalue weighted by molar-refractivity contribution is 6.13. The first-order valence-corrected chi connectivity index (χ1v) is 7.49. The minimum atomic E-state index is -4.54. The molecule has 2 aliphatic heterocycles. The van der Waals surface area contributed by atoms with Crippen LogP contribution < -0.4 is 0 Å². The summed E-state index contributed by atoms with van der Waals surface area (Å²) in [5.41, 5.74) is 0.0451. The molecule has 2 aliphatic rings. The van der Waals surface area contributed by atoms with Crippen LogP contribution in [0.3, 0.4) is 0 Å². The van der Waals surface area contributed by atoms with Gasteiger partial charge < -0.3 is 4.90 Å². The first kappa shape index (κ1) is 15.6. The molecule has 2 heterocycles. The predicted molar refractivity (Wildman–Crippen MR) is 76.9 cm³/mol. The fourth-order valence-corrected chi connectivity index (χ4v) is 3.74. The van der Waals surface area contributed by atoms with E-state index in [2.05, 4.69) is 0 Å². The van der Waals surface area contributed by atoms with Crippen LogP contribution in [0.4, 0.5) is 13.2 Å². The Morgan fingerprint density at radius 2 is 2.00 bits per heavy atom. The summed E-state index contributed by atoms with van der Waals surface area (Å²) in [5.74, 6) is -0.749. The molecule has 22 heavy (non-hydrogen) atoms. The maximum atomic E-state index is 13.4. The number of carbonyl (C=O) groups excluding carboxylic acids is 1. The zero-order chi connectivity index (χ0) is 16.2. The molecule has 7 heteroatoms. The monoisotopic (exact) mass is 332 g/mol. The summed E-state index contributed by atoms with van der Waals surface area (Å²) in [4.78, 5) is 13.9. The molecule has 3 nitrogen and oxygen atoms in total. The third kappa shape index (κ3) is 2.29. The number of amides is 1. The highest BCUT2D eigenvalue weighted by Gasteiger charge is 2.47. The SMILES string of the molecule is CCc1cc2c(c(C(F)(F)F)c1)C(=O)N(C)[C@H]1CN(Cl)C[C@H]21. The highest BCUT2D eigenvalue weighted by atomic mass is 35.5. The third-order valence-electron chi connectivity index (χ3n) is 4.62. The van der Waals surface area contributed by atoms with Crippen molar-refractivity contribution in [3.05, 3.63) is 34.4 Å². The van der Waals surface area contributed by atoms with Crippen molar-refractivity contribution in [3.63, 3.8) is 0 Å². The number of likely N-dealkylation sites (N-methyl/N-ethyl adjacent to an activating group) is 1. The van der Waals surface area contributed by atoms with Crippen LogP contribution in [-0.4, -0.2) is 41.4 Å². The molecule has 120 valence electrons. The molecule has 1 aromatic rings. The van der Waals surface area contributed by atoms with E-state index in [4.69, 9.17) is 11.8 Å². The molecule has 0 aliphatic carbocycles. The van der Waals surface area contributed by atoms with Gasteiger partial charge in [0.2, 0.25) is 0 Å². The highest BCUT2D eigenvalue weighted by Crippen LogP contribution is 2.44. The minimum Gasteiger partial charge on any atom is -0.337 e. The second-order valence-electron chi connectivity index (χ2n) is 5.88. The largest absolute Gasteiger partial charge is 0.417 e. The molecule has 0 radical (unpaired) electrons. The molecule has 0 aromatic heterocycles. The predicted octanol–water partition coefficient (Wildman–Crippen LogP) is 3.28. The van der Waals surface area contributed by atoms with Gasteiger partial charge in [-0.3, -0.25) is 4.79 Å². The second kappa shape index (κ2) is 5.13. The lowest BCUT2D eigenvalue weighted by Gasteiger charge is -2.37. The van der Waals surface area contributed by atoms with Crippen molar-refractivity contribution in [2.24, 2.45) is 0 Å². The summed E-state index contributed by atoms with van der Waals surface area (Å²) in [6.45, 7) is 2.71. The smallest absolute Gasteiger partial charge is 0.337 e. The average molecular weight is 333 g/mol. The number of halogens is 4. The average Bonchev–Trinajstić information content (AvgIpc) is 2.84. The molecule has 2 atom stereocenters. The van der Waals surface area contributed by atoms with Gasteiger partial charge in [0.05, 0.1) is 17.2 Å². The lowest BCUT2D eigenvalue weighted by atomic mass is 9.81. The third-order valence-corrected chi connectivity index (χ3v) is 4.89. The number of rotatable bonds is 1. The molecule has 1 amide bonds. The van der Waals surface area contributed by atoms with Crippen molar-refractivity contribution in [1.29, 1.82) is 0 Å². The van der Waals surface area contributed by atoms with Gasteiger partial charge in [0.15, 0.2) is 0 Å². The van der Waals surface area contributed by atoms with Gasteiger partial charge in [0.25, 0.3) is 5.91 Å². The molecule has 3 rings (SSSR count). The van der Waals surface area contributed by atoms with E-state index in [1.165, 1.54) is 4.90 Å². The summed E-state index contributed by atoms with van der Waals surface area (Å²) < 4.78 is 41.8. The summed E-state index contributed by atoms with van der Waals surface area (Å²) >= 11 is 6.04. The maximum Gasteiger partial charge on any atom is 0.417 e. The quantitative estimate of drug-likeness (QED) is 0.737. The zero-order valence-corrected chi connectivity index (χ0v) is 13.0. The van der Waals surface area contributed by atoms with Gasteiger partial charge in [0.1, 0.15) is 0 Å². The molecule has 0 bridgehead atoms. The lowest BCUT2D eigenvalue weighted by Crippen LogP contribution is -2.46. The Labute approximate surface area is 131 Å². The van der Waals surface area contributed by atoms with Crippen LogP contribution >= 0.6 is 11.8 Å². The number of benzene rings is 1. The number of aryl methyl sites for hydroxylation is 1. The summed E-state index contributed by atoms with van der Waals surface area (Å²) in [7, 11) is 1.55. The topological polar surface area (TPSA) is 23.6 Å². The molecule has 1 aromatic carbocycles. The number of hydrogen-bond donors (Lipinski definition) is 0. The minimum absolute atomic E-state index is 0.175. The number of fused-ring (bicyclic) bond motifs is 3. The van der Waals surface area contributed by atoms with E-state index < -0.39 is 17.6 Å². The Morgan fingerprint density at radius 3 is 2.59 bits per heavy atom. The van der Waals surface area contributed by atoms with Gasteiger partial charge in [-0.25, -0.2) is 4.42 Å². The number of nitrogens with zero attached hydrogens (tertiary/aromatic N) is 2. The van der Waals surface area contributed by atoms with Crippen molar-refractivity contribution in [2.75, 3.05) is 20.1 Å². The first-order valence-electron chi connectivity index (χ1n) is 7.16. The molecule has 0 saturated carbocycles. The summed E-state index contributed by atoms with van der Waals surface area (Å²) in [6, 6.07) is 2.66. The maximum absolute atomic E-state index is 13.4. The van der Waals surface area contributed by atoms with E-state index in [-0.39, 0.29) is 17.5 Å². The van der Waals surface area contributed by atoms with Crippen LogP contribution in [0.25, 0.3) is 0 Å². The molecule has 0 spiro atoms. The fraction of sp³-hybridized carbons (Fsp3) is 0.533. The summed E-state index contributed by atoms with van der Waals surface area (Å²) in [5, 5.41) is 0. The van der Waals surface area contributed by atoms with Gasteiger partial charge in [0, 0.05) is 26.1 Å². The number of carbonyl (C=O) groups is 1. The van der Waals surface area contributed by atoms with Gasteiger partial charge in [-0.05, 0) is 35.4 Å². The molecule has 0 N–H and O–H groups in total. The fourth-order valence-electron chi connectivity index (χ4n) is 3.45. The summed E-state index contributed by atoms with van der Waals surface area (Å²) in [6.07, 6.45) is -4.06. The second-order valence-corrected chi connectivity index (χ2v) is 6.35. The van der Waals surface area contributed by atoms with Crippen LogP contribution in [0.5, 0.6) is 0 Å². The van der Waals surface area contributed by atoms with Crippen LogP contribution in [0.2, 0.25) is 0 Å². The standard InChI is InChI=1S/C15H16ClF3N2O/c1-3-8-4-9-10-6-21(16)7-12(10)20(2)14(22)13(9)11(5-8)15(17,18)19/h4-5,10,12H,3,6-7H2,1-2H3/t10-,12+/m1/s1. The van der Waals surface area contributed by atoms with Gasteiger partial charge in [-0.2, -0.15) is 13.2 Å². The molecular formula is C15H16ClF3N2O. The van der Waals surface area contributed by atoms with Gasteiger partial charge in [-0.15, -0.1) is 0 Å². The van der Waals surface area contributed by atoms with Crippen LogP contribution in [0.15, 0.2) is 12.1 Å². The van der Waals surface area contributed by atoms with E-state index in [0.29, 0.717) is 30.6 Å². The van der Waals surface area contributed by atoms with Crippen molar-refractivity contribution >= 4 is 17.7 Å². The Morgan fingerprint density at radius 1 is 1.32 bits per heavy atom. The van der Waals surface area contributed by atoms with Crippen LogP contribution in [-0.2, 0) is 12.6 Å². The van der Waals surface area contributed by atoms with Crippen molar-refractivity contribution in [3.8, 4) is 0 Å². The molecule has 1 fully saturated rings. The molecular weight excluding hydrogens is 317 g/mol. The zero-order valence-electron chi connectivity index (χ0n) is 12.2. The lowest BCUT2D eigenvalue weighted by molar-refractivity contribution is -0.138. The van der Waals surface area contributed by atoms with Gasteiger partial charge in [-0.1, -0.05) is 13.0 Å². The molecule has 1 saturated heterocycles. The number of hydrogen-bond acceptors (Lipinski definition) is 2.